The first-order chi connectivity index (χ1) is 15.4. The number of hydrogen-bond acceptors (Lipinski definition) is 5. The zero-order chi connectivity index (χ0) is 23.1. The normalized spacial score (nSPS) is 18.7. The van der Waals surface area contributed by atoms with Gasteiger partial charge < -0.3 is 23.9 Å². The van der Waals surface area contributed by atoms with Crippen LogP contribution < -0.4 is 9.42 Å². The molecular formula is C25H34NO5P. The number of ether oxygens (including phenoxy) is 1. The number of hydrogen-bond donors (Lipinski definition) is 2. The first-order valence-electron chi connectivity index (χ1n) is 11.3. The molecule has 7 heteroatoms. The van der Waals surface area contributed by atoms with Crippen LogP contribution in [0.1, 0.15) is 63.5 Å². The largest absolute Gasteiger partial charge is 0.427 e. The topological polar surface area (TPSA) is 79.2 Å². The first kappa shape index (κ1) is 24.7. The molecule has 1 fully saturated rings. The number of anilines is 1. The molecule has 0 saturated carbocycles. The fraction of sp³-hybridized carbons (Fsp3) is 0.480. The number of unbranched alkanes of at least 4 members (excludes halogenated alkanes) is 1. The van der Waals surface area contributed by atoms with E-state index in [1.807, 2.05) is 23.1 Å². The molecule has 2 unspecified atom stereocenters. The Bertz CT molecular complexity index is 888. The van der Waals surface area contributed by atoms with Crippen molar-refractivity contribution in [1.82, 2.24) is 0 Å². The van der Waals surface area contributed by atoms with Gasteiger partial charge in [-0.1, -0.05) is 57.9 Å². The Kier molecular flexibility index (Phi) is 9.06. The first-order valence-corrected chi connectivity index (χ1v) is 12.5. The van der Waals surface area contributed by atoms with Crippen LogP contribution in [0.25, 0.3) is 0 Å². The predicted molar refractivity (Wildman–Crippen MR) is 128 cm³/mol. The summed E-state index contributed by atoms with van der Waals surface area (Å²) in [6, 6.07) is 15.4. The van der Waals surface area contributed by atoms with Crippen LogP contribution in [0, 0.1) is 5.92 Å². The molecule has 0 aromatic heterocycles. The minimum absolute atomic E-state index is 0.00128. The molecule has 0 radical (unpaired) electrons. The lowest BCUT2D eigenvalue weighted by Gasteiger charge is -2.29. The number of carbonyl (C=O) groups excluding carboxylic acids is 1. The molecule has 0 spiro atoms. The standard InChI is InChI=1S/C25H34NO5P/c1-4-5-9-21-15-25(27)26(22-11-7-10-20(14-22)18(2)3)24(21)17-30-16-19-8-6-12-23(13-19)31-32(28)29/h6-8,10-14,18,21,24,28-29H,4-5,9,15-17H2,1-3H3. The van der Waals surface area contributed by atoms with Crippen molar-refractivity contribution < 1.29 is 23.8 Å². The van der Waals surface area contributed by atoms with E-state index in [1.54, 1.807) is 18.2 Å². The van der Waals surface area contributed by atoms with E-state index in [9.17, 15) is 4.79 Å². The summed E-state index contributed by atoms with van der Waals surface area (Å²) in [7, 11) is -2.45. The van der Waals surface area contributed by atoms with Crippen molar-refractivity contribution in [2.24, 2.45) is 5.92 Å². The highest BCUT2D eigenvalue weighted by Gasteiger charge is 2.40. The highest BCUT2D eigenvalue weighted by molar-refractivity contribution is 7.39. The molecule has 1 saturated heterocycles. The maximum absolute atomic E-state index is 13.0. The van der Waals surface area contributed by atoms with Gasteiger partial charge in [-0.05, 0) is 53.6 Å². The average Bonchev–Trinajstić information content (AvgIpc) is 3.07. The fourth-order valence-electron chi connectivity index (χ4n) is 4.28. The van der Waals surface area contributed by atoms with Crippen molar-refractivity contribution in [1.29, 1.82) is 0 Å². The summed E-state index contributed by atoms with van der Waals surface area (Å²) < 4.78 is 11.1. The van der Waals surface area contributed by atoms with Crippen LogP contribution in [-0.4, -0.2) is 28.3 Å². The highest BCUT2D eigenvalue weighted by Crippen LogP contribution is 2.35. The molecule has 1 amide bonds. The Morgan fingerprint density at radius 3 is 2.66 bits per heavy atom. The molecule has 3 rings (SSSR count). The van der Waals surface area contributed by atoms with Gasteiger partial charge >= 0.3 is 8.60 Å². The van der Waals surface area contributed by atoms with E-state index in [2.05, 4.69) is 32.9 Å². The van der Waals surface area contributed by atoms with Gasteiger partial charge in [-0.25, -0.2) is 0 Å². The molecule has 1 aliphatic heterocycles. The summed E-state index contributed by atoms with van der Waals surface area (Å²) in [5.74, 6) is 1.22. The summed E-state index contributed by atoms with van der Waals surface area (Å²) in [6.07, 6.45) is 3.77. The number of nitrogens with zero attached hydrogens (tertiary/aromatic N) is 1. The van der Waals surface area contributed by atoms with Gasteiger partial charge in [-0.3, -0.25) is 4.79 Å². The minimum atomic E-state index is -2.45. The minimum Gasteiger partial charge on any atom is -0.427 e. The number of carbonyl (C=O) groups is 1. The van der Waals surface area contributed by atoms with Gasteiger partial charge in [0.25, 0.3) is 0 Å². The number of rotatable bonds is 11. The van der Waals surface area contributed by atoms with Crippen LogP contribution in [0.2, 0.25) is 0 Å². The average molecular weight is 460 g/mol. The van der Waals surface area contributed by atoms with Gasteiger partial charge in [0.05, 0.1) is 19.3 Å². The molecule has 2 atom stereocenters. The van der Waals surface area contributed by atoms with Crippen LogP contribution >= 0.6 is 8.60 Å². The van der Waals surface area contributed by atoms with E-state index in [-0.39, 0.29) is 17.9 Å². The Balaban J connectivity index is 1.73. The van der Waals surface area contributed by atoms with Gasteiger partial charge in [-0.2, -0.15) is 0 Å². The maximum atomic E-state index is 13.0. The highest BCUT2D eigenvalue weighted by atomic mass is 31.2. The smallest absolute Gasteiger partial charge is 0.391 e. The lowest BCUT2D eigenvalue weighted by Crippen LogP contribution is -2.39. The van der Waals surface area contributed by atoms with Gasteiger partial charge in [0, 0.05) is 12.1 Å². The summed E-state index contributed by atoms with van der Waals surface area (Å²) in [5.41, 5.74) is 3.04. The molecule has 1 aliphatic rings. The Morgan fingerprint density at radius 2 is 1.94 bits per heavy atom. The quantitative estimate of drug-likeness (QED) is 0.432. The van der Waals surface area contributed by atoms with E-state index in [0.29, 0.717) is 31.3 Å². The SMILES string of the molecule is CCCCC1CC(=O)N(c2cccc(C(C)C)c2)C1COCc1cccc(OP(O)O)c1. The van der Waals surface area contributed by atoms with Gasteiger partial charge in [0.2, 0.25) is 5.91 Å². The van der Waals surface area contributed by atoms with Crippen LogP contribution in [-0.2, 0) is 16.1 Å². The third kappa shape index (κ3) is 6.52. The monoisotopic (exact) mass is 459 g/mol. The molecule has 174 valence electrons. The molecule has 6 nitrogen and oxygen atoms in total. The van der Waals surface area contributed by atoms with Crippen LogP contribution in [0.5, 0.6) is 5.75 Å². The second kappa shape index (κ2) is 11.8. The van der Waals surface area contributed by atoms with Crippen molar-refractivity contribution in [2.75, 3.05) is 11.5 Å². The summed E-state index contributed by atoms with van der Waals surface area (Å²) in [5, 5.41) is 0. The Morgan fingerprint density at radius 1 is 1.16 bits per heavy atom. The van der Waals surface area contributed by atoms with Crippen molar-refractivity contribution in [3.05, 3.63) is 59.7 Å². The van der Waals surface area contributed by atoms with Crippen molar-refractivity contribution >= 4 is 20.2 Å². The fourth-order valence-corrected chi connectivity index (χ4v) is 4.58. The Labute approximate surface area is 192 Å². The van der Waals surface area contributed by atoms with Crippen LogP contribution in [0.4, 0.5) is 5.69 Å². The van der Waals surface area contributed by atoms with E-state index < -0.39 is 8.60 Å². The van der Waals surface area contributed by atoms with Gasteiger partial charge in [-0.15, -0.1) is 0 Å². The van der Waals surface area contributed by atoms with E-state index in [4.69, 9.17) is 19.0 Å². The van der Waals surface area contributed by atoms with E-state index in [0.717, 1.165) is 30.5 Å². The lowest BCUT2D eigenvalue weighted by atomic mass is 9.94. The third-order valence-electron chi connectivity index (χ3n) is 5.97. The van der Waals surface area contributed by atoms with Gasteiger partial charge in [0.15, 0.2) is 0 Å². The zero-order valence-corrected chi connectivity index (χ0v) is 20.0. The van der Waals surface area contributed by atoms with E-state index >= 15 is 0 Å². The summed E-state index contributed by atoms with van der Waals surface area (Å²) in [6.45, 7) is 7.29. The molecular weight excluding hydrogens is 425 g/mol. The summed E-state index contributed by atoms with van der Waals surface area (Å²) >= 11 is 0. The van der Waals surface area contributed by atoms with Crippen molar-refractivity contribution in [3.63, 3.8) is 0 Å². The lowest BCUT2D eigenvalue weighted by molar-refractivity contribution is -0.117. The predicted octanol–water partition coefficient (Wildman–Crippen LogP) is 5.53. The molecule has 32 heavy (non-hydrogen) atoms. The molecule has 2 aromatic carbocycles. The molecule has 1 heterocycles. The molecule has 2 aromatic rings. The molecule has 0 bridgehead atoms. The maximum Gasteiger partial charge on any atom is 0.391 e. The number of benzene rings is 2. The van der Waals surface area contributed by atoms with Gasteiger partial charge in [0.1, 0.15) is 5.75 Å². The second-order valence-electron chi connectivity index (χ2n) is 8.69. The van der Waals surface area contributed by atoms with Crippen LogP contribution in [0.15, 0.2) is 48.5 Å². The summed E-state index contributed by atoms with van der Waals surface area (Å²) in [4.78, 5) is 33.1. The third-order valence-corrected chi connectivity index (χ3v) is 6.34. The molecule has 0 aliphatic carbocycles. The Hall–Kier alpha value is -1.98. The second-order valence-corrected chi connectivity index (χ2v) is 9.38. The zero-order valence-electron chi connectivity index (χ0n) is 19.1. The van der Waals surface area contributed by atoms with Crippen molar-refractivity contribution in [2.45, 2.75) is 65.0 Å². The number of amides is 1. The van der Waals surface area contributed by atoms with E-state index in [1.165, 1.54) is 5.56 Å². The molecule has 2 N–H and O–H groups in total. The van der Waals surface area contributed by atoms with Crippen molar-refractivity contribution in [3.8, 4) is 5.75 Å². The van der Waals surface area contributed by atoms with Crippen LogP contribution in [0.3, 0.4) is 0 Å².